The Labute approximate surface area is 116 Å². The van der Waals surface area contributed by atoms with Crippen LogP contribution in [-0.2, 0) is 4.79 Å². The molecule has 0 bridgehead atoms. The second kappa shape index (κ2) is 6.68. The predicted octanol–water partition coefficient (Wildman–Crippen LogP) is 1.99. The summed E-state index contributed by atoms with van der Waals surface area (Å²) >= 11 is 0. The van der Waals surface area contributed by atoms with Gasteiger partial charge in [-0.25, -0.2) is 0 Å². The number of nitrogens with two attached hydrogens (primary N) is 1. The molecule has 1 atom stereocenters. The van der Waals surface area contributed by atoms with E-state index in [1.54, 1.807) is 0 Å². The van der Waals surface area contributed by atoms with Gasteiger partial charge in [-0.3, -0.25) is 9.69 Å². The van der Waals surface area contributed by atoms with Crippen LogP contribution >= 0.6 is 0 Å². The molecule has 0 radical (unpaired) electrons. The number of hydrogen-bond donors (Lipinski definition) is 2. The summed E-state index contributed by atoms with van der Waals surface area (Å²) in [4.78, 5) is 14.0. The Kier molecular flexibility index (Phi) is 5.51. The molecule has 3 N–H and O–H groups in total. The minimum absolute atomic E-state index is 0.0144. The van der Waals surface area contributed by atoms with Crippen molar-refractivity contribution in [3.63, 3.8) is 0 Å². The minimum atomic E-state index is -0.134. The largest absolute Gasteiger partial charge is 0.329 e. The van der Waals surface area contributed by atoms with Gasteiger partial charge in [0.05, 0.1) is 6.54 Å². The zero-order valence-corrected chi connectivity index (χ0v) is 12.4. The lowest BCUT2D eigenvalue weighted by atomic mass is 9.97. The van der Waals surface area contributed by atoms with Crippen LogP contribution in [0.25, 0.3) is 0 Å². The van der Waals surface area contributed by atoms with Crippen molar-refractivity contribution < 1.29 is 4.79 Å². The standard InChI is InChI=1S/C15H25N3O/c1-5-15(3,11-16)18(4)10-14(19)17-13-8-6-12(2)7-9-13/h6-9H,5,10-11,16H2,1-4H3,(H,17,19). The van der Waals surface area contributed by atoms with Crippen molar-refractivity contribution in [1.82, 2.24) is 4.90 Å². The van der Waals surface area contributed by atoms with Crippen LogP contribution in [0.4, 0.5) is 5.69 Å². The van der Waals surface area contributed by atoms with Crippen molar-refractivity contribution in [2.24, 2.45) is 5.73 Å². The number of aryl methyl sites for hydroxylation is 1. The fourth-order valence-electron chi connectivity index (χ4n) is 1.81. The normalized spacial score (nSPS) is 14.2. The first-order valence-electron chi connectivity index (χ1n) is 6.69. The number of carbonyl (C=O) groups is 1. The Bertz CT molecular complexity index is 410. The highest BCUT2D eigenvalue weighted by Gasteiger charge is 2.26. The van der Waals surface area contributed by atoms with E-state index in [0.29, 0.717) is 13.1 Å². The zero-order valence-electron chi connectivity index (χ0n) is 12.4. The summed E-state index contributed by atoms with van der Waals surface area (Å²) < 4.78 is 0. The lowest BCUT2D eigenvalue weighted by molar-refractivity contribution is -0.118. The van der Waals surface area contributed by atoms with Gasteiger partial charge in [0.1, 0.15) is 0 Å². The third kappa shape index (κ3) is 4.33. The highest BCUT2D eigenvalue weighted by atomic mass is 16.2. The molecule has 1 rings (SSSR count). The first kappa shape index (κ1) is 15.7. The summed E-state index contributed by atoms with van der Waals surface area (Å²) in [5.74, 6) is -0.0144. The van der Waals surface area contributed by atoms with E-state index in [0.717, 1.165) is 12.1 Å². The van der Waals surface area contributed by atoms with Crippen LogP contribution in [0, 0.1) is 6.92 Å². The van der Waals surface area contributed by atoms with Crippen molar-refractivity contribution in [2.45, 2.75) is 32.7 Å². The molecule has 1 unspecified atom stereocenters. The van der Waals surface area contributed by atoms with Crippen LogP contribution in [0.2, 0.25) is 0 Å². The van der Waals surface area contributed by atoms with Crippen molar-refractivity contribution in [3.05, 3.63) is 29.8 Å². The molecule has 0 saturated carbocycles. The van der Waals surface area contributed by atoms with E-state index in [2.05, 4.69) is 19.2 Å². The first-order chi connectivity index (χ1) is 8.91. The summed E-state index contributed by atoms with van der Waals surface area (Å²) in [6, 6.07) is 7.79. The van der Waals surface area contributed by atoms with Crippen molar-refractivity contribution in [1.29, 1.82) is 0 Å². The number of benzene rings is 1. The van der Waals surface area contributed by atoms with Gasteiger partial charge in [-0.15, -0.1) is 0 Å². The van der Waals surface area contributed by atoms with Gasteiger partial charge < -0.3 is 11.1 Å². The third-order valence-electron chi connectivity index (χ3n) is 3.84. The van der Waals surface area contributed by atoms with Gasteiger partial charge in [0.2, 0.25) is 5.91 Å². The maximum absolute atomic E-state index is 12.0. The fraction of sp³-hybridized carbons (Fsp3) is 0.533. The molecule has 0 aliphatic carbocycles. The Morgan fingerprint density at radius 3 is 2.42 bits per heavy atom. The maximum atomic E-state index is 12.0. The molecule has 0 heterocycles. The quantitative estimate of drug-likeness (QED) is 0.825. The number of hydrogen-bond acceptors (Lipinski definition) is 3. The van der Waals surface area contributed by atoms with E-state index in [-0.39, 0.29) is 11.4 Å². The first-order valence-corrected chi connectivity index (χ1v) is 6.69. The summed E-state index contributed by atoms with van der Waals surface area (Å²) in [6.45, 7) is 7.06. The van der Waals surface area contributed by atoms with Gasteiger partial charge in [0.25, 0.3) is 0 Å². The number of nitrogens with zero attached hydrogens (tertiary/aromatic N) is 1. The summed E-state index contributed by atoms with van der Waals surface area (Å²) in [5.41, 5.74) is 7.66. The van der Waals surface area contributed by atoms with Gasteiger partial charge in [0, 0.05) is 17.8 Å². The molecule has 0 aromatic heterocycles. The Morgan fingerprint density at radius 1 is 1.37 bits per heavy atom. The maximum Gasteiger partial charge on any atom is 0.238 e. The lowest BCUT2D eigenvalue weighted by Gasteiger charge is -2.36. The van der Waals surface area contributed by atoms with E-state index >= 15 is 0 Å². The molecular formula is C15H25N3O. The molecule has 1 aromatic carbocycles. The van der Waals surface area contributed by atoms with Crippen LogP contribution in [0.5, 0.6) is 0 Å². The van der Waals surface area contributed by atoms with Crippen LogP contribution in [0.15, 0.2) is 24.3 Å². The number of amides is 1. The molecule has 106 valence electrons. The number of rotatable bonds is 6. The van der Waals surface area contributed by atoms with Crippen LogP contribution < -0.4 is 11.1 Å². The highest BCUT2D eigenvalue weighted by Crippen LogP contribution is 2.16. The molecule has 0 fully saturated rings. The Balaban J connectivity index is 2.58. The topological polar surface area (TPSA) is 58.4 Å². The SMILES string of the molecule is CCC(C)(CN)N(C)CC(=O)Nc1ccc(C)cc1. The molecule has 0 aliphatic heterocycles. The zero-order chi connectivity index (χ0) is 14.5. The summed E-state index contributed by atoms with van der Waals surface area (Å²) in [7, 11) is 1.94. The predicted molar refractivity (Wildman–Crippen MR) is 80.2 cm³/mol. The number of likely N-dealkylation sites (N-methyl/N-ethyl adjacent to an activating group) is 1. The molecule has 0 spiro atoms. The third-order valence-corrected chi connectivity index (χ3v) is 3.84. The van der Waals surface area contributed by atoms with Gasteiger partial charge in [-0.1, -0.05) is 24.6 Å². The molecule has 1 aromatic rings. The number of carbonyl (C=O) groups excluding carboxylic acids is 1. The minimum Gasteiger partial charge on any atom is -0.329 e. The van der Waals surface area contributed by atoms with Gasteiger partial charge >= 0.3 is 0 Å². The molecule has 19 heavy (non-hydrogen) atoms. The molecule has 0 aliphatic rings. The molecule has 0 saturated heterocycles. The monoisotopic (exact) mass is 263 g/mol. The van der Waals surface area contributed by atoms with Crippen molar-refractivity contribution in [2.75, 3.05) is 25.5 Å². The van der Waals surface area contributed by atoms with Gasteiger partial charge in [-0.2, -0.15) is 0 Å². The van der Waals surface area contributed by atoms with Crippen LogP contribution in [0.1, 0.15) is 25.8 Å². The summed E-state index contributed by atoms with van der Waals surface area (Å²) in [5, 5.41) is 2.90. The van der Waals surface area contributed by atoms with Gasteiger partial charge in [0.15, 0.2) is 0 Å². The van der Waals surface area contributed by atoms with E-state index in [4.69, 9.17) is 5.73 Å². The summed E-state index contributed by atoms with van der Waals surface area (Å²) in [6.07, 6.45) is 0.914. The average molecular weight is 263 g/mol. The van der Waals surface area contributed by atoms with E-state index in [1.165, 1.54) is 5.56 Å². The smallest absolute Gasteiger partial charge is 0.238 e. The van der Waals surface area contributed by atoms with Gasteiger partial charge in [-0.05, 0) is 39.4 Å². The molecule has 1 amide bonds. The highest BCUT2D eigenvalue weighted by molar-refractivity contribution is 5.92. The van der Waals surface area contributed by atoms with Crippen LogP contribution in [0.3, 0.4) is 0 Å². The second-order valence-electron chi connectivity index (χ2n) is 5.32. The van der Waals surface area contributed by atoms with Crippen molar-refractivity contribution in [3.8, 4) is 0 Å². The molecular weight excluding hydrogens is 238 g/mol. The number of nitrogens with one attached hydrogen (secondary N) is 1. The second-order valence-corrected chi connectivity index (χ2v) is 5.32. The Hall–Kier alpha value is -1.39. The fourth-order valence-corrected chi connectivity index (χ4v) is 1.81. The van der Waals surface area contributed by atoms with Crippen LogP contribution in [-0.4, -0.2) is 36.5 Å². The van der Waals surface area contributed by atoms with Crippen molar-refractivity contribution >= 4 is 11.6 Å². The molecule has 4 nitrogen and oxygen atoms in total. The molecule has 4 heteroatoms. The van der Waals surface area contributed by atoms with E-state index < -0.39 is 0 Å². The van der Waals surface area contributed by atoms with E-state index in [1.807, 2.05) is 43.1 Å². The average Bonchev–Trinajstić information content (AvgIpc) is 2.40. The number of anilines is 1. The Morgan fingerprint density at radius 2 is 1.95 bits per heavy atom. The lowest BCUT2D eigenvalue weighted by Crippen LogP contribution is -2.51. The van der Waals surface area contributed by atoms with E-state index in [9.17, 15) is 4.79 Å².